The van der Waals surface area contributed by atoms with Crippen molar-refractivity contribution in [2.24, 2.45) is 0 Å². The summed E-state index contributed by atoms with van der Waals surface area (Å²) in [6, 6.07) is 0. The predicted octanol–water partition coefficient (Wildman–Crippen LogP) is -7.03. The molecule has 0 bridgehead atoms. The van der Waals surface area contributed by atoms with E-state index >= 15 is 0 Å². The van der Waals surface area contributed by atoms with Crippen molar-refractivity contribution in [1.82, 2.24) is 0 Å². The van der Waals surface area contributed by atoms with E-state index in [-0.39, 0.29) is 34.1 Å². The smallest absolute Gasteiger partial charge is 0.543 e. The van der Waals surface area contributed by atoms with E-state index < -0.39 is 23.9 Å². The Morgan fingerprint density at radius 1 is 0.571 bits per heavy atom. The molecule has 10 heteroatoms. The van der Waals surface area contributed by atoms with E-state index in [0.717, 1.165) is 0 Å². The molecule has 0 heterocycles. The molecular weight excluding hydrogens is 295 g/mol. The Morgan fingerprint density at radius 3 is 0.643 bits per heavy atom. The van der Waals surface area contributed by atoms with Crippen LogP contribution in [0.2, 0.25) is 0 Å². The van der Waals surface area contributed by atoms with E-state index in [0.29, 0.717) is 0 Å². The standard InChI is InChI=1S/2C2H2O4.Cu.Mn/c2*3-1(4)2(5)6;;/h2*(H,3,4)(H,5,6);;/q;;2*+2/p-4. The van der Waals surface area contributed by atoms with Gasteiger partial charge in [0.25, 0.3) is 0 Å². The fraction of sp³-hybridized carbons (Fsp3) is 0. The van der Waals surface area contributed by atoms with Gasteiger partial charge in [0.05, 0.1) is 23.9 Å². The Balaban J connectivity index is -0.0000000625. The van der Waals surface area contributed by atoms with Crippen molar-refractivity contribution in [2.45, 2.75) is 0 Å². The van der Waals surface area contributed by atoms with Gasteiger partial charge in [-0.2, -0.15) is 0 Å². The van der Waals surface area contributed by atoms with Crippen LogP contribution in [0.1, 0.15) is 0 Å². The van der Waals surface area contributed by atoms with Crippen LogP contribution in [0.4, 0.5) is 0 Å². The summed E-state index contributed by atoms with van der Waals surface area (Å²) in [5.74, 6) is -8.74. The van der Waals surface area contributed by atoms with E-state index in [1.54, 1.807) is 0 Å². The molecule has 0 aromatic rings. The zero-order valence-corrected chi connectivity index (χ0v) is 8.07. The number of hydrogen-bond donors (Lipinski definition) is 0. The molecule has 0 atom stereocenters. The van der Waals surface area contributed by atoms with Crippen LogP contribution in [0.5, 0.6) is 0 Å². The van der Waals surface area contributed by atoms with E-state index in [1.807, 2.05) is 0 Å². The van der Waals surface area contributed by atoms with Crippen molar-refractivity contribution >= 4 is 23.9 Å². The van der Waals surface area contributed by atoms with E-state index in [2.05, 4.69) is 0 Å². The number of hydrogen-bond acceptors (Lipinski definition) is 8. The topological polar surface area (TPSA) is 161 Å². The molecule has 0 saturated carbocycles. The van der Waals surface area contributed by atoms with Gasteiger partial charge < -0.3 is 39.6 Å². The number of rotatable bonds is 0. The Labute approximate surface area is 97.9 Å². The van der Waals surface area contributed by atoms with Crippen molar-refractivity contribution in [3.8, 4) is 0 Å². The van der Waals surface area contributed by atoms with Gasteiger partial charge in [-0.25, -0.2) is 0 Å². The first-order valence-electron chi connectivity index (χ1n) is 2.13. The largest absolute Gasteiger partial charge is 2.00 e. The van der Waals surface area contributed by atoms with Crippen LogP contribution in [0.25, 0.3) is 0 Å². The third kappa shape index (κ3) is 22.4. The van der Waals surface area contributed by atoms with Gasteiger partial charge >= 0.3 is 34.1 Å². The van der Waals surface area contributed by atoms with Crippen LogP contribution >= 0.6 is 0 Å². The summed E-state index contributed by atoms with van der Waals surface area (Å²) in [6.07, 6.45) is 0. The zero-order chi connectivity index (χ0) is 10.3. The van der Waals surface area contributed by atoms with Crippen LogP contribution in [0.15, 0.2) is 0 Å². The molecule has 0 unspecified atom stereocenters. The first-order chi connectivity index (χ1) is 5.29. The SMILES string of the molecule is O=C([O-])C(=O)[O-].O=C([O-])C(=O)[O-].[Cu+2].[Mn+2]. The van der Waals surface area contributed by atoms with Gasteiger partial charge in [-0.1, -0.05) is 0 Å². The molecule has 0 amide bonds. The number of aliphatic carboxylic acids is 4. The van der Waals surface area contributed by atoms with Gasteiger partial charge in [-0.05, 0) is 0 Å². The summed E-state index contributed by atoms with van der Waals surface area (Å²) >= 11 is 0. The molecule has 0 spiro atoms. The van der Waals surface area contributed by atoms with Gasteiger partial charge in [-0.3, -0.25) is 0 Å². The van der Waals surface area contributed by atoms with Crippen LogP contribution in [-0.4, -0.2) is 23.9 Å². The number of carboxylic acids is 4. The summed E-state index contributed by atoms with van der Waals surface area (Å²) in [7, 11) is 0. The quantitative estimate of drug-likeness (QED) is 0.314. The second-order valence-corrected chi connectivity index (χ2v) is 1.15. The van der Waals surface area contributed by atoms with Crippen LogP contribution in [0, 0.1) is 0 Å². The minimum Gasteiger partial charge on any atom is -0.543 e. The molecule has 0 rings (SSSR count). The van der Waals surface area contributed by atoms with Crippen LogP contribution < -0.4 is 20.4 Å². The second kappa shape index (κ2) is 11.9. The fourth-order valence-corrected chi connectivity index (χ4v) is 0. The Hall–Kier alpha value is -1.08. The Bertz CT molecular complexity index is 177. The molecule has 0 aromatic carbocycles. The minimum absolute atomic E-state index is 0. The molecule has 0 N–H and O–H groups in total. The van der Waals surface area contributed by atoms with Gasteiger partial charge in [0.15, 0.2) is 0 Å². The molecule has 14 heavy (non-hydrogen) atoms. The maximum absolute atomic E-state index is 8.93. The molecule has 0 aliphatic heterocycles. The molecule has 8 nitrogen and oxygen atoms in total. The maximum atomic E-state index is 8.93. The third-order valence-corrected chi connectivity index (χ3v) is 0.333. The van der Waals surface area contributed by atoms with Gasteiger partial charge in [0.2, 0.25) is 0 Å². The Morgan fingerprint density at radius 2 is 0.643 bits per heavy atom. The normalized spacial score (nSPS) is 6.29. The number of carboxylic acid groups (broad SMARTS) is 4. The van der Waals surface area contributed by atoms with E-state index in [4.69, 9.17) is 39.6 Å². The van der Waals surface area contributed by atoms with Crippen molar-refractivity contribution in [3.63, 3.8) is 0 Å². The molecule has 0 fully saturated rings. The van der Waals surface area contributed by atoms with Crippen LogP contribution in [0.3, 0.4) is 0 Å². The molecule has 0 saturated heterocycles. The maximum Gasteiger partial charge on any atom is 2.00 e. The molecule has 82 valence electrons. The molecular formula is C4CuMnO8. The van der Waals surface area contributed by atoms with Gasteiger partial charge in [0, 0.05) is 0 Å². The molecule has 0 aliphatic carbocycles. The van der Waals surface area contributed by atoms with Crippen molar-refractivity contribution in [3.05, 3.63) is 0 Å². The first kappa shape index (κ1) is 23.1. The summed E-state index contributed by atoms with van der Waals surface area (Å²) in [4.78, 5) is 35.7. The molecule has 2 radical (unpaired) electrons. The second-order valence-electron chi connectivity index (χ2n) is 1.15. The predicted molar refractivity (Wildman–Crippen MR) is 20.0 cm³/mol. The summed E-state index contributed by atoms with van der Waals surface area (Å²) in [5.41, 5.74) is 0. The third-order valence-electron chi connectivity index (χ3n) is 0.333. The van der Waals surface area contributed by atoms with Gasteiger partial charge in [-0.15, -0.1) is 0 Å². The Kier molecular flexibility index (Phi) is 19.6. The number of carbonyl (C=O) groups excluding carboxylic acids is 4. The molecule has 0 aromatic heterocycles. The zero-order valence-electron chi connectivity index (χ0n) is 5.95. The fourth-order valence-electron chi connectivity index (χ4n) is 0. The summed E-state index contributed by atoms with van der Waals surface area (Å²) in [5, 5.41) is 35.7. The van der Waals surface area contributed by atoms with Crippen molar-refractivity contribution in [1.29, 1.82) is 0 Å². The number of carbonyl (C=O) groups is 4. The summed E-state index contributed by atoms with van der Waals surface area (Å²) in [6.45, 7) is 0. The minimum atomic E-state index is -2.19. The van der Waals surface area contributed by atoms with Gasteiger partial charge in [0.1, 0.15) is 0 Å². The van der Waals surface area contributed by atoms with E-state index in [1.165, 1.54) is 0 Å². The average Bonchev–Trinajstić information content (AvgIpc) is 1.88. The monoisotopic (exact) mass is 294 g/mol. The molecule has 0 aliphatic rings. The van der Waals surface area contributed by atoms with Crippen molar-refractivity contribution < 1.29 is 73.7 Å². The summed E-state index contributed by atoms with van der Waals surface area (Å²) < 4.78 is 0. The first-order valence-corrected chi connectivity index (χ1v) is 2.13. The van der Waals surface area contributed by atoms with Crippen LogP contribution in [-0.2, 0) is 53.3 Å². The van der Waals surface area contributed by atoms with E-state index in [9.17, 15) is 0 Å². The van der Waals surface area contributed by atoms with Crippen molar-refractivity contribution in [2.75, 3.05) is 0 Å². The average molecular weight is 295 g/mol.